The average Bonchev–Trinajstić information content (AvgIpc) is 2.89. The van der Waals surface area contributed by atoms with E-state index >= 15 is 0 Å². The fraction of sp³-hybridized carbons (Fsp3) is 0.667. The lowest BCUT2D eigenvalue weighted by atomic mass is 10.0. The van der Waals surface area contributed by atoms with Crippen LogP contribution in [0.3, 0.4) is 0 Å². The van der Waals surface area contributed by atoms with E-state index in [1.165, 1.54) is 19.2 Å². The van der Waals surface area contributed by atoms with Crippen LogP contribution in [0.15, 0.2) is 6.33 Å². The van der Waals surface area contributed by atoms with Gasteiger partial charge in [-0.25, -0.2) is 9.97 Å². The molecule has 6 heteroatoms. The molecule has 0 spiro atoms. The molecule has 0 aliphatic heterocycles. The summed E-state index contributed by atoms with van der Waals surface area (Å²) in [6.07, 6.45) is 7.24. The molecule has 0 fully saturated rings. The molecule has 2 rings (SSSR count). The summed E-state index contributed by atoms with van der Waals surface area (Å²) >= 11 is 6.11. The van der Waals surface area contributed by atoms with Gasteiger partial charge in [-0.1, -0.05) is 33.1 Å². The summed E-state index contributed by atoms with van der Waals surface area (Å²) < 4.78 is 7.48. The number of aromatic nitrogens is 4. The van der Waals surface area contributed by atoms with Crippen LogP contribution in [0.5, 0.6) is 5.88 Å². The third-order valence-corrected chi connectivity index (χ3v) is 3.95. The Morgan fingerprint density at radius 1 is 1.24 bits per heavy atom. The molecule has 0 saturated heterocycles. The predicted octanol–water partition coefficient (Wildman–Crippen LogP) is 4.11. The second-order valence-corrected chi connectivity index (χ2v) is 5.44. The number of imidazole rings is 1. The standard InChI is InChI=1S/C15H23ClN4O/c1-4-6-8-11(7-5-2)20-12(9-16)19-13-14(20)17-10-18-15(13)21-3/h10-11H,4-9H2,1-3H3. The normalized spacial score (nSPS) is 12.8. The van der Waals surface area contributed by atoms with Crippen LogP contribution in [0.1, 0.15) is 57.8 Å². The van der Waals surface area contributed by atoms with Gasteiger partial charge in [0.25, 0.3) is 0 Å². The molecular weight excluding hydrogens is 288 g/mol. The molecule has 0 radical (unpaired) electrons. The zero-order valence-corrected chi connectivity index (χ0v) is 13.7. The zero-order valence-electron chi connectivity index (χ0n) is 13.0. The van der Waals surface area contributed by atoms with Crippen LogP contribution in [-0.2, 0) is 5.88 Å². The summed E-state index contributed by atoms with van der Waals surface area (Å²) in [5.74, 6) is 1.72. The first kappa shape index (κ1) is 16.0. The quantitative estimate of drug-likeness (QED) is 0.689. The van der Waals surface area contributed by atoms with E-state index < -0.39 is 0 Å². The average molecular weight is 311 g/mol. The number of hydrogen-bond acceptors (Lipinski definition) is 4. The van der Waals surface area contributed by atoms with Crippen LogP contribution >= 0.6 is 11.6 Å². The van der Waals surface area contributed by atoms with E-state index in [0.29, 0.717) is 23.3 Å². The van der Waals surface area contributed by atoms with Crippen LogP contribution < -0.4 is 4.74 Å². The Morgan fingerprint density at radius 3 is 2.67 bits per heavy atom. The largest absolute Gasteiger partial charge is 0.479 e. The van der Waals surface area contributed by atoms with E-state index in [-0.39, 0.29) is 0 Å². The van der Waals surface area contributed by atoms with Crippen molar-refractivity contribution in [2.75, 3.05) is 7.11 Å². The first-order valence-corrected chi connectivity index (χ1v) is 8.11. The molecular formula is C15H23ClN4O. The fourth-order valence-electron chi connectivity index (χ4n) is 2.74. The predicted molar refractivity (Wildman–Crippen MR) is 84.9 cm³/mol. The number of ether oxygens (including phenoxy) is 1. The Labute approximate surface area is 130 Å². The Balaban J connectivity index is 2.53. The number of halogens is 1. The third-order valence-electron chi connectivity index (χ3n) is 3.71. The van der Waals surface area contributed by atoms with Gasteiger partial charge in [-0.3, -0.25) is 0 Å². The van der Waals surface area contributed by atoms with Gasteiger partial charge < -0.3 is 9.30 Å². The monoisotopic (exact) mass is 310 g/mol. The summed E-state index contributed by atoms with van der Waals surface area (Å²) in [5, 5.41) is 0. The summed E-state index contributed by atoms with van der Waals surface area (Å²) in [4.78, 5) is 13.1. The number of alkyl halides is 1. The molecule has 2 aromatic heterocycles. The van der Waals surface area contributed by atoms with Gasteiger partial charge in [0.05, 0.1) is 13.0 Å². The maximum Gasteiger partial charge on any atom is 0.245 e. The summed E-state index contributed by atoms with van der Waals surface area (Å²) in [6, 6.07) is 0.383. The number of unbranched alkanes of at least 4 members (excludes halogenated alkanes) is 1. The van der Waals surface area contributed by atoms with Crippen molar-refractivity contribution < 1.29 is 4.74 Å². The second kappa shape index (κ2) is 7.59. The van der Waals surface area contributed by atoms with Crippen molar-refractivity contribution in [3.8, 4) is 5.88 Å². The zero-order chi connectivity index (χ0) is 15.2. The van der Waals surface area contributed by atoms with Crippen molar-refractivity contribution in [3.63, 3.8) is 0 Å². The van der Waals surface area contributed by atoms with E-state index in [0.717, 1.165) is 30.7 Å². The van der Waals surface area contributed by atoms with Gasteiger partial charge in [-0.15, -0.1) is 11.6 Å². The minimum Gasteiger partial charge on any atom is -0.479 e. The molecule has 0 amide bonds. The van der Waals surface area contributed by atoms with Crippen molar-refractivity contribution in [1.29, 1.82) is 0 Å². The third kappa shape index (κ3) is 3.28. The lowest BCUT2D eigenvalue weighted by Gasteiger charge is -2.20. The van der Waals surface area contributed by atoms with Crippen LogP contribution in [-0.4, -0.2) is 26.6 Å². The highest BCUT2D eigenvalue weighted by Gasteiger charge is 2.21. The van der Waals surface area contributed by atoms with Crippen LogP contribution in [0.4, 0.5) is 0 Å². The number of hydrogen-bond donors (Lipinski definition) is 0. The smallest absolute Gasteiger partial charge is 0.245 e. The van der Waals surface area contributed by atoms with E-state index in [2.05, 4.69) is 33.4 Å². The maximum atomic E-state index is 6.11. The minimum atomic E-state index is 0.367. The van der Waals surface area contributed by atoms with Gasteiger partial charge in [0.2, 0.25) is 5.88 Å². The van der Waals surface area contributed by atoms with E-state index in [1.807, 2.05) is 0 Å². The maximum absolute atomic E-state index is 6.11. The summed E-state index contributed by atoms with van der Waals surface area (Å²) in [7, 11) is 1.60. The molecule has 116 valence electrons. The molecule has 0 saturated carbocycles. The summed E-state index contributed by atoms with van der Waals surface area (Å²) in [6.45, 7) is 4.41. The first-order chi connectivity index (χ1) is 10.3. The van der Waals surface area contributed by atoms with Crippen molar-refractivity contribution in [2.24, 2.45) is 0 Å². The van der Waals surface area contributed by atoms with E-state index in [9.17, 15) is 0 Å². The number of fused-ring (bicyclic) bond motifs is 1. The van der Waals surface area contributed by atoms with Crippen molar-refractivity contribution in [1.82, 2.24) is 19.5 Å². The molecule has 0 aliphatic rings. The minimum absolute atomic E-state index is 0.367. The van der Waals surface area contributed by atoms with Gasteiger partial charge in [-0.05, 0) is 12.8 Å². The molecule has 5 nitrogen and oxygen atoms in total. The first-order valence-electron chi connectivity index (χ1n) is 7.58. The highest BCUT2D eigenvalue weighted by atomic mass is 35.5. The van der Waals surface area contributed by atoms with Crippen LogP contribution in [0.2, 0.25) is 0 Å². The molecule has 2 heterocycles. The summed E-state index contributed by atoms with van der Waals surface area (Å²) in [5.41, 5.74) is 1.53. The van der Waals surface area contributed by atoms with Crippen molar-refractivity contribution in [2.45, 2.75) is 57.9 Å². The SMILES string of the molecule is CCCCC(CCC)n1c(CCl)nc2c(OC)ncnc21. The van der Waals surface area contributed by atoms with E-state index in [4.69, 9.17) is 16.3 Å². The van der Waals surface area contributed by atoms with E-state index in [1.54, 1.807) is 7.11 Å². The molecule has 0 N–H and O–H groups in total. The van der Waals surface area contributed by atoms with Crippen LogP contribution in [0.25, 0.3) is 11.2 Å². The number of rotatable bonds is 8. The van der Waals surface area contributed by atoms with Crippen LogP contribution in [0, 0.1) is 0 Å². The highest BCUT2D eigenvalue weighted by Crippen LogP contribution is 2.30. The van der Waals surface area contributed by atoms with Crippen molar-refractivity contribution >= 4 is 22.8 Å². The molecule has 21 heavy (non-hydrogen) atoms. The molecule has 1 unspecified atom stereocenters. The lowest BCUT2D eigenvalue weighted by molar-refractivity contribution is 0.401. The fourth-order valence-corrected chi connectivity index (χ4v) is 2.92. The Morgan fingerprint density at radius 2 is 2.05 bits per heavy atom. The van der Waals surface area contributed by atoms with Crippen molar-refractivity contribution in [3.05, 3.63) is 12.2 Å². The lowest BCUT2D eigenvalue weighted by Crippen LogP contribution is -2.12. The Kier molecular flexibility index (Phi) is 5.79. The Hall–Kier alpha value is -1.36. The van der Waals surface area contributed by atoms with Gasteiger partial charge in [-0.2, -0.15) is 4.98 Å². The molecule has 0 aromatic carbocycles. The number of nitrogens with zero attached hydrogens (tertiary/aromatic N) is 4. The van der Waals surface area contributed by atoms with Gasteiger partial charge in [0.15, 0.2) is 11.2 Å². The van der Waals surface area contributed by atoms with Gasteiger partial charge in [0, 0.05) is 6.04 Å². The molecule has 1 atom stereocenters. The molecule has 2 aromatic rings. The Bertz CT molecular complexity index is 584. The van der Waals surface area contributed by atoms with Gasteiger partial charge in [0.1, 0.15) is 12.2 Å². The highest BCUT2D eigenvalue weighted by molar-refractivity contribution is 6.16. The molecule has 0 bridgehead atoms. The van der Waals surface area contributed by atoms with Gasteiger partial charge >= 0.3 is 0 Å². The number of methoxy groups -OCH3 is 1. The molecule has 0 aliphatic carbocycles. The topological polar surface area (TPSA) is 52.8 Å². The second-order valence-electron chi connectivity index (χ2n) is 5.17.